The maximum Gasteiger partial charge on any atom is 0.254 e. The van der Waals surface area contributed by atoms with Gasteiger partial charge in [0, 0.05) is 37.6 Å². The van der Waals surface area contributed by atoms with Crippen LogP contribution in [-0.2, 0) is 0 Å². The molecule has 0 aliphatic carbocycles. The number of benzene rings is 1. The van der Waals surface area contributed by atoms with Crippen molar-refractivity contribution in [2.24, 2.45) is 5.92 Å². The van der Waals surface area contributed by atoms with Crippen LogP contribution in [0.3, 0.4) is 0 Å². The molecular formula is C27H32N10O2. The van der Waals surface area contributed by atoms with Gasteiger partial charge in [0.15, 0.2) is 11.3 Å². The molecule has 1 amide bonds. The molecule has 0 bridgehead atoms. The summed E-state index contributed by atoms with van der Waals surface area (Å²) in [6, 6.07) is 9.03. The van der Waals surface area contributed by atoms with Crippen LogP contribution >= 0.6 is 0 Å². The average molecular weight is 529 g/mol. The third-order valence-electron chi connectivity index (χ3n) is 7.66. The van der Waals surface area contributed by atoms with Gasteiger partial charge in [0.1, 0.15) is 5.75 Å². The van der Waals surface area contributed by atoms with E-state index in [-0.39, 0.29) is 17.7 Å². The summed E-state index contributed by atoms with van der Waals surface area (Å²) in [4.78, 5) is 23.6. The Labute approximate surface area is 225 Å². The van der Waals surface area contributed by atoms with Gasteiger partial charge in [-0.05, 0) is 62.9 Å². The molecule has 0 radical (unpaired) electrons. The number of nitrogens with zero attached hydrogens (tertiary/aromatic N) is 7. The molecular weight excluding hydrogens is 496 g/mol. The molecule has 3 aromatic heterocycles. The van der Waals surface area contributed by atoms with E-state index in [4.69, 9.17) is 5.73 Å². The van der Waals surface area contributed by atoms with Gasteiger partial charge >= 0.3 is 0 Å². The van der Waals surface area contributed by atoms with Gasteiger partial charge in [0.2, 0.25) is 5.95 Å². The highest BCUT2D eigenvalue weighted by atomic mass is 16.3. The number of nitrogens with two attached hydrogens (primary N) is 1. The highest BCUT2D eigenvalue weighted by Crippen LogP contribution is 2.33. The average Bonchev–Trinajstić information content (AvgIpc) is 3.32. The first kappa shape index (κ1) is 25.0. The number of aromatic hydroxyl groups is 1. The zero-order valence-electron chi connectivity index (χ0n) is 21.6. The molecule has 202 valence electrons. The standard InChI is InChI=1S/C27H32N10O2/c28-25-24-22(13-21(33-34-24)20-3-1-2-4-23(20)38)37(35-25)19-7-11-36(12-8-19)27-31-15-18(16-32-27)26(39)30-14-17-5-9-29-10-6-17/h1-4,13,15-17,19,29,38H,5-12,14H2,(H2,28,35)(H,30,39). The lowest BCUT2D eigenvalue weighted by molar-refractivity contribution is 0.0943. The van der Waals surface area contributed by atoms with Crippen LogP contribution in [-0.4, -0.2) is 73.7 Å². The summed E-state index contributed by atoms with van der Waals surface area (Å²) in [5.74, 6) is 1.47. The van der Waals surface area contributed by atoms with E-state index in [1.807, 2.05) is 16.8 Å². The van der Waals surface area contributed by atoms with Gasteiger partial charge < -0.3 is 26.4 Å². The zero-order chi connectivity index (χ0) is 26.8. The number of hydrogen-bond donors (Lipinski definition) is 4. The van der Waals surface area contributed by atoms with Crippen LogP contribution < -0.4 is 21.3 Å². The second-order valence-corrected chi connectivity index (χ2v) is 10.2. The lowest BCUT2D eigenvalue weighted by atomic mass is 9.98. The fourth-order valence-corrected chi connectivity index (χ4v) is 5.39. The van der Waals surface area contributed by atoms with Crippen molar-refractivity contribution in [3.05, 3.63) is 48.3 Å². The molecule has 39 heavy (non-hydrogen) atoms. The van der Waals surface area contributed by atoms with Crippen molar-refractivity contribution < 1.29 is 9.90 Å². The monoisotopic (exact) mass is 528 g/mol. The predicted octanol–water partition coefficient (Wildman–Crippen LogP) is 2.14. The Morgan fingerprint density at radius 3 is 2.56 bits per heavy atom. The number of phenolic OH excluding ortho intramolecular Hbond substituents is 1. The number of anilines is 2. The Balaban J connectivity index is 1.11. The first-order valence-corrected chi connectivity index (χ1v) is 13.4. The molecule has 6 rings (SSSR count). The molecule has 5 N–H and O–H groups in total. The smallest absolute Gasteiger partial charge is 0.254 e. The lowest BCUT2D eigenvalue weighted by Crippen LogP contribution is -2.37. The number of rotatable bonds is 6. The Morgan fingerprint density at radius 2 is 1.82 bits per heavy atom. The molecule has 2 saturated heterocycles. The Morgan fingerprint density at radius 1 is 1.08 bits per heavy atom. The lowest BCUT2D eigenvalue weighted by Gasteiger charge is -2.32. The van der Waals surface area contributed by atoms with E-state index in [1.54, 1.807) is 30.6 Å². The van der Waals surface area contributed by atoms with Gasteiger partial charge in [-0.15, -0.1) is 10.2 Å². The molecule has 4 aromatic rings. The van der Waals surface area contributed by atoms with Crippen molar-refractivity contribution in [1.29, 1.82) is 0 Å². The van der Waals surface area contributed by atoms with Crippen LogP contribution in [0.25, 0.3) is 22.3 Å². The summed E-state index contributed by atoms with van der Waals surface area (Å²) in [6.07, 6.45) is 6.99. The van der Waals surface area contributed by atoms with Crippen molar-refractivity contribution in [3.63, 3.8) is 0 Å². The number of para-hydroxylation sites is 1. The topological polar surface area (TPSA) is 160 Å². The number of phenols is 1. The molecule has 0 spiro atoms. The van der Waals surface area contributed by atoms with Gasteiger partial charge in [-0.1, -0.05) is 12.1 Å². The summed E-state index contributed by atoms with van der Waals surface area (Å²) in [5, 5.41) is 29.8. The van der Waals surface area contributed by atoms with Crippen LogP contribution in [0.1, 0.15) is 42.1 Å². The summed E-state index contributed by atoms with van der Waals surface area (Å²) in [7, 11) is 0. The Hall–Kier alpha value is -4.32. The van der Waals surface area contributed by atoms with Crippen LogP contribution in [0.15, 0.2) is 42.7 Å². The fraction of sp³-hybridized carbons (Fsp3) is 0.407. The van der Waals surface area contributed by atoms with Gasteiger partial charge in [0.05, 0.1) is 22.8 Å². The maximum absolute atomic E-state index is 12.6. The van der Waals surface area contributed by atoms with Crippen LogP contribution in [0.5, 0.6) is 5.75 Å². The van der Waals surface area contributed by atoms with Crippen molar-refractivity contribution >= 4 is 28.7 Å². The minimum Gasteiger partial charge on any atom is -0.507 e. The summed E-state index contributed by atoms with van der Waals surface area (Å²) in [6.45, 7) is 4.16. The number of hydrogen-bond acceptors (Lipinski definition) is 10. The number of aromatic nitrogens is 6. The quantitative estimate of drug-likeness (QED) is 0.292. The van der Waals surface area contributed by atoms with E-state index < -0.39 is 0 Å². The molecule has 5 heterocycles. The van der Waals surface area contributed by atoms with Crippen LogP contribution in [0.4, 0.5) is 11.8 Å². The SMILES string of the molecule is Nc1nn(C2CCN(c3ncc(C(=O)NCC4CCNCC4)cn3)CC2)c2cc(-c3ccccc3O)nnc12. The normalized spacial score (nSPS) is 17.0. The van der Waals surface area contributed by atoms with Crippen LogP contribution in [0.2, 0.25) is 0 Å². The zero-order valence-corrected chi connectivity index (χ0v) is 21.6. The second kappa shape index (κ2) is 10.8. The molecule has 2 aliphatic rings. The third kappa shape index (κ3) is 5.19. The van der Waals surface area contributed by atoms with Crippen molar-refractivity contribution in [2.75, 3.05) is 43.4 Å². The van der Waals surface area contributed by atoms with Crippen molar-refractivity contribution in [3.8, 4) is 17.0 Å². The largest absolute Gasteiger partial charge is 0.507 e. The predicted molar refractivity (Wildman–Crippen MR) is 147 cm³/mol. The summed E-state index contributed by atoms with van der Waals surface area (Å²) in [5.41, 5.74) is 9.15. The van der Waals surface area contributed by atoms with E-state index in [9.17, 15) is 9.90 Å². The molecule has 2 aliphatic heterocycles. The number of nitrogens with one attached hydrogen (secondary N) is 2. The highest BCUT2D eigenvalue weighted by Gasteiger charge is 2.26. The molecule has 12 nitrogen and oxygen atoms in total. The number of fused-ring (bicyclic) bond motifs is 1. The Bertz CT molecular complexity index is 1460. The highest BCUT2D eigenvalue weighted by molar-refractivity contribution is 5.93. The van der Waals surface area contributed by atoms with E-state index in [0.29, 0.717) is 46.6 Å². The van der Waals surface area contributed by atoms with E-state index >= 15 is 0 Å². The van der Waals surface area contributed by atoms with E-state index in [2.05, 4.69) is 40.8 Å². The summed E-state index contributed by atoms with van der Waals surface area (Å²) >= 11 is 0. The number of carbonyl (C=O) groups excluding carboxylic acids is 1. The minimum absolute atomic E-state index is 0.113. The second-order valence-electron chi connectivity index (χ2n) is 10.2. The minimum atomic E-state index is -0.131. The Kier molecular flexibility index (Phi) is 6.93. The molecule has 0 saturated carbocycles. The first-order valence-electron chi connectivity index (χ1n) is 13.4. The van der Waals surface area contributed by atoms with Crippen molar-refractivity contribution in [1.82, 2.24) is 40.6 Å². The van der Waals surface area contributed by atoms with E-state index in [1.165, 1.54) is 0 Å². The molecule has 0 unspecified atom stereocenters. The number of nitrogen functional groups attached to an aromatic ring is 1. The van der Waals surface area contributed by atoms with Crippen molar-refractivity contribution in [2.45, 2.75) is 31.7 Å². The molecule has 0 atom stereocenters. The van der Waals surface area contributed by atoms with Crippen LogP contribution in [0, 0.1) is 5.92 Å². The first-order chi connectivity index (χ1) is 19.1. The van der Waals surface area contributed by atoms with Gasteiger partial charge in [0.25, 0.3) is 5.91 Å². The third-order valence-corrected chi connectivity index (χ3v) is 7.66. The fourth-order valence-electron chi connectivity index (χ4n) is 5.39. The van der Waals surface area contributed by atoms with Gasteiger partial charge in [-0.2, -0.15) is 5.10 Å². The van der Waals surface area contributed by atoms with E-state index in [0.717, 1.165) is 57.4 Å². The number of carbonyl (C=O) groups is 1. The van der Waals surface area contributed by atoms with Gasteiger partial charge in [-0.3, -0.25) is 9.48 Å². The van der Waals surface area contributed by atoms with Gasteiger partial charge in [-0.25, -0.2) is 9.97 Å². The molecule has 1 aromatic carbocycles. The summed E-state index contributed by atoms with van der Waals surface area (Å²) < 4.78 is 1.93. The maximum atomic E-state index is 12.6. The molecule has 2 fully saturated rings. The number of piperidine rings is 2. The molecule has 12 heteroatoms. The number of amides is 1.